The maximum absolute atomic E-state index is 10.6. The SMILES string of the molecule is Cc1ccc(-n2cnc(-c3ccc(CCC(=O)O)cc3)n2)cc1. The van der Waals surface area contributed by atoms with Crippen molar-refractivity contribution in [2.24, 2.45) is 0 Å². The van der Waals surface area contributed by atoms with Gasteiger partial charge < -0.3 is 5.11 Å². The highest BCUT2D eigenvalue weighted by Crippen LogP contribution is 2.17. The number of carboxylic acid groups (broad SMARTS) is 1. The number of rotatable bonds is 5. The van der Waals surface area contributed by atoms with Crippen LogP contribution in [0.25, 0.3) is 17.1 Å². The van der Waals surface area contributed by atoms with Crippen LogP contribution in [0.3, 0.4) is 0 Å². The summed E-state index contributed by atoms with van der Waals surface area (Å²) in [6.45, 7) is 2.04. The quantitative estimate of drug-likeness (QED) is 0.785. The van der Waals surface area contributed by atoms with Gasteiger partial charge in [-0.05, 0) is 31.0 Å². The van der Waals surface area contributed by atoms with Crippen molar-refractivity contribution in [1.29, 1.82) is 0 Å². The van der Waals surface area contributed by atoms with Crippen LogP contribution in [-0.2, 0) is 11.2 Å². The van der Waals surface area contributed by atoms with Gasteiger partial charge in [-0.25, -0.2) is 9.67 Å². The van der Waals surface area contributed by atoms with Crippen molar-refractivity contribution >= 4 is 5.97 Å². The van der Waals surface area contributed by atoms with Crippen molar-refractivity contribution in [2.75, 3.05) is 0 Å². The van der Waals surface area contributed by atoms with Crippen molar-refractivity contribution in [3.63, 3.8) is 0 Å². The van der Waals surface area contributed by atoms with Crippen LogP contribution in [0.15, 0.2) is 54.9 Å². The molecular formula is C18H17N3O2. The molecule has 5 nitrogen and oxygen atoms in total. The van der Waals surface area contributed by atoms with Gasteiger partial charge in [0.1, 0.15) is 6.33 Å². The van der Waals surface area contributed by atoms with Gasteiger partial charge in [-0.15, -0.1) is 5.10 Å². The molecular weight excluding hydrogens is 290 g/mol. The number of aryl methyl sites for hydroxylation is 2. The van der Waals surface area contributed by atoms with Gasteiger partial charge in [0.25, 0.3) is 0 Å². The highest BCUT2D eigenvalue weighted by molar-refractivity contribution is 5.67. The van der Waals surface area contributed by atoms with Crippen molar-refractivity contribution in [2.45, 2.75) is 19.8 Å². The first kappa shape index (κ1) is 15.0. The average Bonchev–Trinajstić information content (AvgIpc) is 3.04. The van der Waals surface area contributed by atoms with Crippen molar-refractivity contribution in [1.82, 2.24) is 14.8 Å². The first-order chi connectivity index (χ1) is 11.1. The van der Waals surface area contributed by atoms with Crippen LogP contribution in [0.5, 0.6) is 0 Å². The number of carbonyl (C=O) groups is 1. The minimum Gasteiger partial charge on any atom is -0.481 e. The lowest BCUT2D eigenvalue weighted by Gasteiger charge is -2.01. The summed E-state index contributed by atoms with van der Waals surface area (Å²) in [5.41, 5.74) is 4.07. The van der Waals surface area contributed by atoms with Gasteiger partial charge in [0.2, 0.25) is 0 Å². The molecule has 0 aliphatic rings. The first-order valence-corrected chi connectivity index (χ1v) is 7.41. The van der Waals surface area contributed by atoms with Gasteiger partial charge in [-0.1, -0.05) is 42.0 Å². The molecule has 0 radical (unpaired) electrons. The number of aliphatic carboxylic acids is 1. The van der Waals surface area contributed by atoms with Crippen LogP contribution in [0.2, 0.25) is 0 Å². The zero-order chi connectivity index (χ0) is 16.2. The van der Waals surface area contributed by atoms with Crippen LogP contribution in [0, 0.1) is 6.92 Å². The van der Waals surface area contributed by atoms with E-state index in [2.05, 4.69) is 10.1 Å². The lowest BCUT2D eigenvalue weighted by Crippen LogP contribution is -1.97. The Kier molecular flexibility index (Phi) is 4.19. The summed E-state index contributed by atoms with van der Waals surface area (Å²) in [7, 11) is 0. The Morgan fingerprint density at radius 1 is 1.09 bits per heavy atom. The maximum Gasteiger partial charge on any atom is 0.303 e. The summed E-state index contributed by atoms with van der Waals surface area (Å²) >= 11 is 0. The highest BCUT2D eigenvalue weighted by atomic mass is 16.4. The Balaban J connectivity index is 1.77. The third-order valence-corrected chi connectivity index (χ3v) is 3.63. The molecule has 3 rings (SSSR count). The molecule has 0 amide bonds. The van der Waals surface area contributed by atoms with E-state index in [4.69, 9.17) is 5.11 Å². The fourth-order valence-electron chi connectivity index (χ4n) is 2.29. The van der Waals surface area contributed by atoms with Crippen LogP contribution < -0.4 is 0 Å². The first-order valence-electron chi connectivity index (χ1n) is 7.41. The van der Waals surface area contributed by atoms with E-state index in [9.17, 15) is 4.79 Å². The van der Waals surface area contributed by atoms with Crippen LogP contribution in [-0.4, -0.2) is 25.8 Å². The molecule has 1 N–H and O–H groups in total. The third kappa shape index (κ3) is 3.63. The number of carboxylic acids is 1. The van der Waals surface area contributed by atoms with Gasteiger partial charge in [0.15, 0.2) is 5.82 Å². The van der Waals surface area contributed by atoms with E-state index < -0.39 is 5.97 Å². The zero-order valence-corrected chi connectivity index (χ0v) is 12.8. The van der Waals surface area contributed by atoms with Gasteiger partial charge >= 0.3 is 5.97 Å². The molecule has 0 aliphatic heterocycles. The second-order valence-electron chi connectivity index (χ2n) is 5.44. The van der Waals surface area contributed by atoms with Gasteiger partial charge in [0.05, 0.1) is 5.69 Å². The summed E-state index contributed by atoms with van der Waals surface area (Å²) in [6, 6.07) is 15.8. The molecule has 0 saturated carbocycles. The van der Waals surface area contributed by atoms with Crippen molar-refractivity contribution in [3.05, 3.63) is 66.0 Å². The predicted molar refractivity (Wildman–Crippen MR) is 87.5 cm³/mol. The molecule has 0 unspecified atom stereocenters. The number of aromatic nitrogens is 3. The Morgan fingerprint density at radius 2 is 1.78 bits per heavy atom. The number of hydrogen-bond acceptors (Lipinski definition) is 3. The summed E-state index contributed by atoms with van der Waals surface area (Å²) in [5, 5.41) is 13.2. The fraction of sp³-hybridized carbons (Fsp3) is 0.167. The average molecular weight is 307 g/mol. The van der Waals surface area contributed by atoms with E-state index in [1.165, 1.54) is 5.56 Å². The van der Waals surface area contributed by atoms with E-state index in [1.807, 2.05) is 55.5 Å². The maximum atomic E-state index is 10.6. The fourth-order valence-corrected chi connectivity index (χ4v) is 2.29. The van der Waals surface area contributed by atoms with E-state index in [-0.39, 0.29) is 6.42 Å². The Labute approximate surface area is 134 Å². The van der Waals surface area contributed by atoms with Crippen LogP contribution >= 0.6 is 0 Å². The molecule has 5 heteroatoms. The standard InChI is InChI=1S/C18H17N3O2/c1-13-2-9-16(10-3-13)21-12-19-18(20-21)15-7-4-14(5-8-15)6-11-17(22)23/h2-5,7-10,12H,6,11H2,1H3,(H,22,23). The molecule has 2 aromatic carbocycles. The highest BCUT2D eigenvalue weighted by Gasteiger charge is 2.06. The summed E-state index contributed by atoms with van der Waals surface area (Å²) in [4.78, 5) is 14.9. The predicted octanol–water partition coefficient (Wildman–Crippen LogP) is 3.26. The molecule has 1 aromatic heterocycles. The Bertz CT molecular complexity index is 805. The number of hydrogen-bond donors (Lipinski definition) is 1. The second kappa shape index (κ2) is 6.44. The molecule has 23 heavy (non-hydrogen) atoms. The van der Waals surface area contributed by atoms with Crippen molar-refractivity contribution in [3.8, 4) is 17.1 Å². The molecule has 0 saturated heterocycles. The van der Waals surface area contributed by atoms with E-state index in [0.29, 0.717) is 12.2 Å². The number of nitrogens with zero attached hydrogens (tertiary/aromatic N) is 3. The van der Waals surface area contributed by atoms with Gasteiger partial charge in [-0.2, -0.15) is 0 Å². The second-order valence-corrected chi connectivity index (χ2v) is 5.44. The third-order valence-electron chi connectivity index (χ3n) is 3.63. The molecule has 0 spiro atoms. The van der Waals surface area contributed by atoms with E-state index in [1.54, 1.807) is 11.0 Å². The summed E-state index contributed by atoms with van der Waals surface area (Å²) < 4.78 is 1.74. The molecule has 0 fully saturated rings. The van der Waals surface area contributed by atoms with Gasteiger partial charge in [-0.3, -0.25) is 4.79 Å². The van der Waals surface area contributed by atoms with Crippen molar-refractivity contribution < 1.29 is 9.90 Å². The monoisotopic (exact) mass is 307 g/mol. The van der Waals surface area contributed by atoms with Crippen LogP contribution in [0.1, 0.15) is 17.5 Å². The largest absolute Gasteiger partial charge is 0.481 e. The molecule has 1 heterocycles. The number of benzene rings is 2. The minimum atomic E-state index is -0.785. The van der Waals surface area contributed by atoms with E-state index in [0.717, 1.165) is 16.8 Å². The lowest BCUT2D eigenvalue weighted by atomic mass is 10.1. The molecule has 3 aromatic rings. The molecule has 0 aliphatic carbocycles. The zero-order valence-electron chi connectivity index (χ0n) is 12.8. The molecule has 0 bridgehead atoms. The lowest BCUT2D eigenvalue weighted by molar-refractivity contribution is -0.136. The van der Waals surface area contributed by atoms with Gasteiger partial charge in [0, 0.05) is 12.0 Å². The normalized spacial score (nSPS) is 10.7. The minimum absolute atomic E-state index is 0.139. The summed E-state index contributed by atoms with van der Waals surface area (Å²) in [6.07, 6.45) is 2.36. The summed E-state index contributed by atoms with van der Waals surface area (Å²) in [5.74, 6) is -0.136. The molecule has 0 atom stereocenters. The Morgan fingerprint density at radius 3 is 2.43 bits per heavy atom. The Hall–Kier alpha value is -2.95. The van der Waals surface area contributed by atoms with E-state index >= 15 is 0 Å². The molecule has 116 valence electrons. The smallest absolute Gasteiger partial charge is 0.303 e. The van der Waals surface area contributed by atoms with Crippen LogP contribution in [0.4, 0.5) is 0 Å². The topological polar surface area (TPSA) is 68.0 Å².